The molecule has 2 rings (SSSR count). The van der Waals surface area contributed by atoms with E-state index in [1.165, 1.54) is 31.5 Å². The van der Waals surface area contributed by atoms with Crippen molar-refractivity contribution in [1.82, 2.24) is 0 Å². The van der Waals surface area contributed by atoms with E-state index in [0.717, 1.165) is 11.3 Å². The highest BCUT2D eigenvalue weighted by Gasteiger charge is 2.12. The molecule has 7 heteroatoms. The average Bonchev–Trinajstić information content (AvgIpc) is 2.92. The number of hydrogen-bond acceptors (Lipinski definition) is 5. The molecule has 0 saturated carbocycles. The van der Waals surface area contributed by atoms with Crippen molar-refractivity contribution in [2.45, 2.75) is 4.21 Å². The number of aromatic hydroxyl groups is 1. The maximum Gasteiger partial charge on any atom is 0.291 e. The zero-order chi connectivity index (χ0) is 13.9. The lowest BCUT2D eigenvalue weighted by Crippen LogP contribution is -1.95. The molecule has 1 aromatic carbocycles. The molecule has 0 unspecified atom stereocenters. The van der Waals surface area contributed by atoms with E-state index in [2.05, 4.69) is 4.40 Å². The Morgan fingerprint density at radius 2 is 2.16 bits per heavy atom. The predicted molar refractivity (Wildman–Crippen MR) is 73.8 cm³/mol. The van der Waals surface area contributed by atoms with Crippen LogP contribution in [0.25, 0.3) is 0 Å². The normalized spacial score (nSPS) is 11.8. The highest BCUT2D eigenvalue weighted by Crippen LogP contribution is 2.26. The number of phenols is 1. The number of thiophene rings is 1. The van der Waals surface area contributed by atoms with Crippen LogP contribution in [0.4, 0.5) is 0 Å². The van der Waals surface area contributed by atoms with Crippen molar-refractivity contribution >= 4 is 27.6 Å². The first-order valence-electron chi connectivity index (χ1n) is 5.24. The van der Waals surface area contributed by atoms with Crippen LogP contribution < -0.4 is 4.74 Å². The number of methoxy groups -OCH3 is 1. The minimum absolute atomic E-state index is 0.0132. The smallest absolute Gasteiger partial charge is 0.291 e. The van der Waals surface area contributed by atoms with Crippen LogP contribution in [0.3, 0.4) is 0 Å². The van der Waals surface area contributed by atoms with Gasteiger partial charge in [0.25, 0.3) is 10.0 Å². The molecule has 0 aliphatic rings. The molecular formula is C12H11NO4S2. The van der Waals surface area contributed by atoms with Gasteiger partial charge < -0.3 is 9.84 Å². The third-order valence-electron chi connectivity index (χ3n) is 2.29. The van der Waals surface area contributed by atoms with Crippen LogP contribution in [0, 0.1) is 0 Å². The van der Waals surface area contributed by atoms with E-state index in [0.29, 0.717) is 5.56 Å². The van der Waals surface area contributed by atoms with Gasteiger partial charge in [0.05, 0.1) is 7.11 Å². The second-order valence-corrected chi connectivity index (χ2v) is 6.38. The van der Waals surface area contributed by atoms with E-state index in [1.54, 1.807) is 17.5 Å². The monoisotopic (exact) mass is 297 g/mol. The number of phenolic OH excluding ortho intramolecular Hbond substituents is 1. The fourth-order valence-electron chi connectivity index (χ4n) is 1.37. The molecule has 1 heterocycles. The Morgan fingerprint density at radius 3 is 2.79 bits per heavy atom. The number of ether oxygens (including phenoxy) is 1. The summed E-state index contributed by atoms with van der Waals surface area (Å²) in [4.78, 5) is 0. The third kappa shape index (κ3) is 3.12. The molecular weight excluding hydrogens is 286 g/mol. The molecule has 0 amide bonds. The second kappa shape index (κ2) is 5.41. The van der Waals surface area contributed by atoms with Gasteiger partial charge in [-0.05, 0) is 35.2 Å². The van der Waals surface area contributed by atoms with Gasteiger partial charge in [0, 0.05) is 6.21 Å². The highest BCUT2D eigenvalue weighted by atomic mass is 32.2. The van der Waals surface area contributed by atoms with Gasteiger partial charge in [-0.3, -0.25) is 0 Å². The third-order valence-corrected chi connectivity index (χ3v) is 4.90. The summed E-state index contributed by atoms with van der Waals surface area (Å²) in [7, 11) is -2.25. The van der Waals surface area contributed by atoms with Crippen molar-refractivity contribution in [2.24, 2.45) is 4.40 Å². The summed E-state index contributed by atoms with van der Waals surface area (Å²) in [6, 6.07) is 7.61. The molecule has 0 atom stereocenters. The topological polar surface area (TPSA) is 76.0 Å². The van der Waals surface area contributed by atoms with E-state index < -0.39 is 10.0 Å². The standard InChI is InChI=1S/C12H11NO4S2/c1-17-11-7-9(4-5-10(11)14)8-13-19(15,16)12-3-2-6-18-12/h2-8,14H,1H3/b13-8-. The summed E-state index contributed by atoms with van der Waals surface area (Å²) in [5, 5.41) is 11.1. The second-order valence-electron chi connectivity index (χ2n) is 3.57. The van der Waals surface area contributed by atoms with Gasteiger partial charge in [-0.2, -0.15) is 12.8 Å². The minimum Gasteiger partial charge on any atom is -0.504 e. The maximum atomic E-state index is 11.8. The van der Waals surface area contributed by atoms with Crippen molar-refractivity contribution in [3.05, 3.63) is 41.3 Å². The first kappa shape index (κ1) is 13.6. The van der Waals surface area contributed by atoms with Crippen LogP contribution in [0.2, 0.25) is 0 Å². The molecule has 0 aliphatic carbocycles. The molecule has 5 nitrogen and oxygen atoms in total. The Hall–Kier alpha value is -1.86. The van der Waals surface area contributed by atoms with Crippen molar-refractivity contribution in [3.63, 3.8) is 0 Å². The highest BCUT2D eigenvalue weighted by molar-refractivity contribution is 7.92. The Kier molecular flexibility index (Phi) is 3.87. The molecule has 100 valence electrons. The van der Waals surface area contributed by atoms with Crippen LogP contribution in [0.5, 0.6) is 11.5 Å². The van der Waals surface area contributed by atoms with Gasteiger partial charge in [-0.15, -0.1) is 11.3 Å². The zero-order valence-corrected chi connectivity index (χ0v) is 11.6. The Morgan fingerprint density at radius 1 is 1.37 bits per heavy atom. The van der Waals surface area contributed by atoms with Crippen molar-refractivity contribution in [3.8, 4) is 11.5 Å². The van der Waals surface area contributed by atoms with E-state index in [-0.39, 0.29) is 15.7 Å². The fourth-order valence-corrected chi connectivity index (χ4v) is 3.21. The molecule has 19 heavy (non-hydrogen) atoms. The van der Waals surface area contributed by atoms with Gasteiger partial charge in [0.2, 0.25) is 0 Å². The average molecular weight is 297 g/mol. The van der Waals surface area contributed by atoms with Crippen LogP contribution in [0.1, 0.15) is 5.56 Å². The summed E-state index contributed by atoms with van der Waals surface area (Å²) in [6.45, 7) is 0. The molecule has 0 radical (unpaired) electrons. The van der Waals surface area contributed by atoms with E-state index >= 15 is 0 Å². The van der Waals surface area contributed by atoms with E-state index in [1.807, 2.05) is 0 Å². The van der Waals surface area contributed by atoms with E-state index in [9.17, 15) is 13.5 Å². The Labute approximate surface area is 114 Å². The van der Waals surface area contributed by atoms with Gasteiger partial charge in [0.1, 0.15) is 4.21 Å². The fraction of sp³-hybridized carbons (Fsp3) is 0.0833. The van der Waals surface area contributed by atoms with Gasteiger partial charge in [-0.25, -0.2) is 0 Å². The molecule has 2 aromatic rings. The van der Waals surface area contributed by atoms with Gasteiger partial charge >= 0.3 is 0 Å². The number of sulfonamides is 1. The molecule has 1 N–H and O–H groups in total. The number of benzene rings is 1. The Bertz CT molecular complexity index is 691. The van der Waals surface area contributed by atoms with E-state index in [4.69, 9.17) is 4.74 Å². The first-order chi connectivity index (χ1) is 9.03. The molecule has 0 saturated heterocycles. The summed E-state index contributed by atoms with van der Waals surface area (Å²) in [5.41, 5.74) is 0.523. The van der Waals surface area contributed by atoms with Crippen molar-refractivity contribution < 1.29 is 18.3 Å². The lowest BCUT2D eigenvalue weighted by Gasteiger charge is -2.03. The number of nitrogens with zero attached hydrogens (tertiary/aromatic N) is 1. The maximum absolute atomic E-state index is 11.8. The lowest BCUT2D eigenvalue weighted by molar-refractivity contribution is 0.373. The predicted octanol–water partition coefficient (Wildman–Crippen LogP) is 2.27. The molecule has 1 aromatic heterocycles. The minimum atomic E-state index is -3.66. The van der Waals surface area contributed by atoms with Crippen LogP contribution in [0.15, 0.2) is 44.3 Å². The summed E-state index contributed by atoms with van der Waals surface area (Å²) >= 11 is 1.11. The number of rotatable bonds is 4. The van der Waals surface area contributed by atoms with Gasteiger partial charge in [-0.1, -0.05) is 6.07 Å². The van der Waals surface area contributed by atoms with Crippen LogP contribution in [-0.4, -0.2) is 26.8 Å². The largest absolute Gasteiger partial charge is 0.504 e. The SMILES string of the molecule is COc1cc(/C=N\S(=O)(=O)c2cccs2)ccc1O. The molecule has 0 aliphatic heterocycles. The number of hydrogen-bond donors (Lipinski definition) is 1. The summed E-state index contributed by atoms with van der Waals surface area (Å²) in [6.07, 6.45) is 1.22. The summed E-state index contributed by atoms with van der Waals surface area (Å²) in [5.74, 6) is 0.248. The van der Waals surface area contributed by atoms with Crippen molar-refractivity contribution in [2.75, 3.05) is 7.11 Å². The van der Waals surface area contributed by atoms with Crippen molar-refractivity contribution in [1.29, 1.82) is 0 Å². The molecule has 0 bridgehead atoms. The Balaban J connectivity index is 2.29. The lowest BCUT2D eigenvalue weighted by atomic mass is 10.2. The summed E-state index contributed by atoms with van der Waals surface area (Å²) < 4.78 is 32.4. The molecule has 0 spiro atoms. The first-order valence-corrected chi connectivity index (χ1v) is 7.56. The van der Waals surface area contributed by atoms with Crippen LogP contribution in [-0.2, 0) is 10.0 Å². The molecule has 0 fully saturated rings. The quantitative estimate of drug-likeness (QED) is 0.878. The zero-order valence-electron chi connectivity index (χ0n) is 9.98. The van der Waals surface area contributed by atoms with Crippen LogP contribution >= 0.6 is 11.3 Å². The van der Waals surface area contributed by atoms with Gasteiger partial charge in [0.15, 0.2) is 11.5 Å².